The van der Waals surface area contributed by atoms with Crippen molar-refractivity contribution in [2.24, 2.45) is 0 Å². The first-order valence-corrected chi connectivity index (χ1v) is 6.40. The van der Waals surface area contributed by atoms with E-state index in [9.17, 15) is 0 Å². The molecule has 0 fully saturated rings. The average Bonchev–Trinajstić information content (AvgIpc) is 2.41. The van der Waals surface area contributed by atoms with E-state index in [1.807, 2.05) is 0 Å². The molecule has 0 unspecified atom stereocenters. The predicted molar refractivity (Wildman–Crippen MR) is 70.8 cm³/mol. The molecule has 2 rings (SSSR count). The second-order valence-electron chi connectivity index (χ2n) is 6.01. The van der Waals surface area contributed by atoms with Crippen LogP contribution in [0.4, 0.5) is 5.69 Å². The van der Waals surface area contributed by atoms with Gasteiger partial charge in [0.25, 0.3) is 0 Å². The molecule has 16 heavy (non-hydrogen) atoms. The second kappa shape index (κ2) is 4.12. The van der Waals surface area contributed by atoms with Crippen LogP contribution in [0.2, 0.25) is 0 Å². The van der Waals surface area contributed by atoms with Crippen molar-refractivity contribution in [3.63, 3.8) is 0 Å². The quantitative estimate of drug-likeness (QED) is 0.518. The Kier molecular flexibility index (Phi) is 2.96. The molecule has 1 aromatic carbocycles. The zero-order valence-electron chi connectivity index (χ0n) is 10.8. The lowest BCUT2D eigenvalue weighted by molar-refractivity contribution is 0.589. The van der Waals surface area contributed by atoms with E-state index in [-0.39, 0.29) is 5.41 Å². The van der Waals surface area contributed by atoms with Gasteiger partial charge in [-0.3, -0.25) is 0 Å². The van der Waals surface area contributed by atoms with Crippen molar-refractivity contribution < 1.29 is 0 Å². The minimum absolute atomic E-state index is 0.204. The molecule has 0 spiro atoms. The van der Waals surface area contributed by atoms with Gasteiger partial charge in [-0.1, -0.05) is 33.3 Å². The summed E-state index contributed by atoms with van der Waals surface area (Å²) in [5.74, 6) is 0. The summed E-state index contributed by atoms with van der Waals surface area (Å²) in [4.78, 5) is 0. The normalized spacial score (nSPS) is 16.7. The smallest absolute Gasteiger partial charge is 0.0352 e. The Morgan fingerprint density at radius 3 is 2.38 bits per heavy atom. The lowest BCUT2D eigenvalue weighted by Crippen LogP contribution is -2.13. The largest absolute Gasteiger partial charge is 0.398 e. The van der Waals surface area contributed by atoms with E-state index >= 15 is 0 Å². The summed E-state index contributed by atoms with van der Waals surface area (Å²) in [6.07, 6.45) is 6.35. The highest BCUT2D eigenvalue weighted by molar-refractivity contribution is 5.55. The minimum Gasteiger partial charge on any atom is -0.398 e. The van der Waals surface area contributed by atoms with Crippen LogP contribution in [0.15, 0.2) is 12.1 Å². The number of fused-ring (bicyclic) bond motifs is 1. The number of rotatable bonds is 0. The van der Waals surface area contributed by atoms with Gasteiger partial charge < -0.3 is 5.73 Å². The maximum atomic E-state index is 6.21. The summed E-state index contributed by atoms with van der Waals surface area (Å²) in [7, 11) is 0. The maximum Gasteiger partial charge on any atom is 0.0352 e. The van der Waals surface area contributed by atoms with Crippen LogP contribution in [-0.4, -0.2) is 0 Å². The third-order valence-corrected chi connectivity index (χ3v) is 3.62. The van der Waals surface area contributed by atoms with Crippen LogP contribution in [0.3, 0.4) is 0 Å². The lowest BCUT2D eigenvalue weighted by atomic mass is 9.84. The van der Waals surface area contributed by atoms with E-state index < -0.39 is 0 Å². The van der Waals surface area contributed by atoms with Gasteiger partial charge in [-0.2, -0.15) is 0 Å². The van der Waals surface area contributed by atoms with Gasteiger partial charge in [0.2, 0.25) is 0 Å². The van der Waals surface area contributed by atoms with Crippen LogP contribution in [0.1, 0.15) is 56.7 Å². The molecular weight excluding hydrogens is 194 g/mol. The van der Waals surface area contributed by atoms with Crippen molar-refractivity contribution in [1.29, 1.82) is 0 Å². The minimum atomic E-state index is 0.204. The molecule has 0 aromatic heterocycles. The molecule has 0 amide bonds. The van der Waals surface area contributed by atoms with Crippen molar-refractivity contribution in [1.82, 2.24) is 0 Å². The number of benzene rings is 1. The van der Waals surface area contributed by atoms with Gasteiger partial charge in [-0.05, 0) is 53.9 Å². The topological polar surface area (TPSA) is 26.0 Å². The van der Waals surface area contributed by atoms with Gasteiger partial charge in [-0.15, -0.1) is 0 Å². The molecule has 1 heteroatoms. The SMILES string of the molecule is CC(C)(C)c1cc(N)c2c(c1)CCCCC2. The third-order valence-electron chi connectivity index (χ3n) is 3.62. The Balaban J connectivity index is 2.48. The van der Waals surface area contributed by atoms with Crippen LogP contribution in [0, 0.1) is 0 Å². The van der Waals surface area contributed by atoms with E-state index in [0.717, 1.165) is 5.69 Å². The molecule has 0 saturated carbocycles. The number of anilines is 1. The fourth-order valence-electron chi connectivity index (χ4n) is 2.51. The Labute approximate surface area is 99.0 Å². The highest BCUT2D eigenvalue weighted by Gasteiger charge is 2.18. The van der Waals surface area contributed by atoms with Crippen molar-refractivity contribution in [3.05, 3.63) is 28.8 Å². The van der Waals surface area contributed by atoms with Crippen molar-refractivity contribution >= 4 is 5.69 Å². The van der Waals surface area contributed by atoms with Crippen molar-refractivity contribution in [2.45, 2.75) is 58.3 Å². The Morgan fingerprint density at radius 1 is 1.00 bits per heavy atom. The second-order valence-corrected chi connectivity index (χ2v) is 6.01. The van der Waals surface area contributed by atoms with E-state index in [4.69, 9.17) is 5.73 Å². The van der Waals surface area contributed by atoms with Crippen LogP contribution in [0.5, 0.6) is 0 Å². The summed E-state index contributed by atoms with van der Waals surface area (Å²) in [5, 5.41) is 0. The summed E-state index contributed by atoms with van der Waals surface area (Å²) in [6.45, 7) is 6.76. The summed E-state index contributed by atoms with van der Waals surface area (Å²) >= 11 is 0. The van der Waals surface area contributed by atoms with Gasteiger partial charge in [0, 0.05) is 5.69 Å². The van der Waals surface area contributed by atoms with Gasteiger partial charge in [-0.25, -0.2) is 0 Å². The third kappa shape index (κ3) is 2.23. The molecule has 0 bridgehead atoms. The molecule has 0 aliphatic heterocycles. The van der Waals surface area contributed by atoms with Crippen LogP contribution in [0.25, 0.3) is 0 Å². The molecule has 2 N–H and O–H groups in total. The van der Waals surface area contributed by atoms with Crippen LogP contribution in [-0.2, 0) is 18.3 Å². The molecule has 1 aliphatic carbocycles. The molecule has 1 aliphatic rings. The van der Waals surface area contributed by atoms with Gasteiger partial charge in [0.1, 0.15) is 0 Å². The maximum absolute atomic E-state index is 6.21. The number of nitrogens with two attached hydrogens (primary N) is 1. The number of hydrogen-bond donors (Lipinski definition) is 1. The molecule has 1 nitrogen and oxygen atoms in total. The van der Waals surface area contributed by atoms with Crippen molar-refractivity contribution in [2.75, 3.05) is 5.73 Å². The van der Waals surface area contributed by atoms with E-state index in [2.05, 4.69) is 32.9 Å². The fourth-order valence-corrected chi connectivity index (χ4v) is 2.51. The number of aryl methyl sites for hydroxylation is 1. The van der Waals surface area contributed by atoms with E-state index in [1.165, 1.54) is 48.8 Å². The van der Waals surface area contributed by atoms with Gasteiger partial charge in [0.05, 0.1) is 0 Å². The summed E-state index contributed by atoms with van der Waals surface area (Å²) in [6, 6.07) is 4.57. The Morgan fingerprint density at radius 2 is 1.69 bits per heavy atom. The fraction of sp³-hybridized carbons (Fsp3) is 0.600. The van der Waals surface area contributed by atoms with Crippen LogP contribution < -0.4 is 5.73 Å². The van der Waals surface area contributed by atoms with Crippen LogP contribution >= 0.6 is 0 Å². The summed E-state index contributed by atoms with van der Waals surface area (Å²) < 4.78 is 0. The van der Waals surface area contributed by atoms with Crippen molar-refractivity contribution in [3.8, 4) is 0 Å². The first-order chi connectivity index (χ1) is 7.48. The lowest BCUT2D eigenvalue weighted by Gasteiger charge is -2.22. The average molecular weight is 217 g/mol. The highest BCUT2D eigenvalue weighted by atomic mass is 14.6. The molecule has 1 aromatic rings. The zero-order valence-corrected chi connectivity index (χ0v) is 10.8. The Hall–Kier alpha value is -0.980. The number of hydrogen-bond acceptors (Lipinski definition) is 1. The Bertz CT molecular complexity index is 385. The molecule has 0 radical (unpaired) electrons. The molecule has 0 heterocycles. The number of nitrogen functional groups attached to an aromatic ring is 1. The molecule has 88 valence electrons. The zero-order chi connectivity index (χ0) is 11.8. The van der Waals surface area contributed by atoms with Gasteiger partial charge >= 0.3 is 0 Å². The van der Waals surface area contributed by atoms with Gasteiger partial charge in [0.15, 0.2) is 0 Å². The first kappa shape index (κ1) is 11.5. The molecule has 0 saturated heterocycles. The van der Waals surface area contributed by atoms with E-state index in [1.54, 1.807) is 0 Å². The molecular formula is C15H23N. The highest BCUT2D eigenvalue weighted by Crippen LogP contribution is 2.32. The predicted octanol–water partition coefficient (Wildman–Crippen LogP) is 3.84. The first-order valence-electron chi connectivity index (χ1n) is 6.40. The molecule has 0 atom stereocenters. The summed E-state index contributed by atoms with van der Waals surface area (Å²) in [5.41, 5.74) is 11.7. The monoisotopic (exact) mass is 217 g/mol. The van der Waals surface area contributed by atoms with E-state index in [0.29, 0.717) is 0 Å². The standard InChI is InChI=1S/C15H23N/c1-15(2,3)12-9-11-7-5-4-6-8-13(11)14(16)10-12/h9-10H,4-8,16H2,1-3H3.